The van der Waals surface area contributed by atoms with Gasteiger partial charge >= 0.3 is 0 Å². The molecule has 4 bridgehead atoms. The van der Waals surface area contributed by atoms with E-state index in [0.717, 1.165) is 49.6 Å². The van der Waals surface area contributed by atoms with Crippen molar-refractivity contribution in [3.63, 3.8) is 0 Å². The number of likely N-dealkylation sites (tertiary alicyclic amines) is 1. The van der Waals surface area contributed by atoms with Crippen LogP contribution in [0.4, 0.5) is 0 Å². The van der Waals surface area contributed by atoms with Crippen molar-refractivity contribution in [2.45, 2.75) is 80.6 Å². The third kappa shape index (κ3) is 2.98. The zero-order chi connectivity index (χ0) is 17.7. The molecular formula is C20H29N3O2S. The first kappa shape index (κ1) is 17.1. The molecule has 0 aromatic carbocycles. The third-order valence-corrected chi connectivity index (χ3v) is 8.11. The van der Waals surface area contributed by atoms with Gasteiger partial charge in [-0.05, 0) is 82.5 Å². The number of piperidine rings is 1. The minimum absolute atomic E-state index is 0.140. The Morgan fingerprint density at radius 3 is 2.31 bits per heavy atom. The number of hydrogen-bond donors (Lipinski definition) is 0. The second kappa shape index (κ2) is 6.54. The van der Waals surface area contributed by atoms with E-state index in [-0.39, 0.29) is 16.6 Å². The van der Waals surface area contributed by atoms with E-state index in [9.17, 15) is 4.79 Å². The summed E-state index contributed by atoms with van der Waals surface area (Å²) in [6.45, 7) is 3.76. The van der Waals surface area contributed by atoms with Crippen molar-refractivity contribution in [2.75, 3.05) is 13.1 Å². The largest absolute Gasteiger partial charge is 0.415 e. The fourth-order valence-electron chi connectivity index (χ4n) is 6.42. The van der Waals surface area contributed by atoms with Crippen LogP contribution in [0.3, 0.4) is 0 Å². The van der Waals surface area contributed by atoms with Gasteiger partial charge < -0.3 is 9.32 Å². The fraction of sp³-hybridized carbons (Fsp3) is 0.850. The van der Waals surface area contributed by atoms with Gasteiger partial charge in [-0.1, -0.05) is 11.8 Å². The number of rotatable bonds is 4. The zero-order valence-corrected chi connectivity index (χ0v) is 16.5. The van der Waals surface area contributed by atoms with E-state index in [1.54, 1.807) is 0 Å². The normalized spacial score (nSPS) is 37.1. The summed E-state index contributed by atoms with van der Waals surface area (Å²) >= 11 is 1.44. The molecule has 0 radical (unpaired) electrons. The van der Waals surface area contributed by atoms with E-state index < -0.39 is 0 Å². The maximum atomic E-state index is 12.6. The first-order valence-corrected chi connectivity index (χ1v) is 11.3. The highest BCUT2D eigenvalue weighted by molar-refractivity contribution is 8.00. The first-order chi connectivity index (χ1) is 12.6. The van der Waals surface area contributed by atoms with Gasteiger partial charge in [0.1, 0.15) is 0 Å². The van der Waals surface area contributed by atoms with Gasteiger partial charge in [-0.3, -0.25) is 4.79 Å². The standard InChI is InChI=1S/C20H29N3O2S/c1-13(17(24)23-5-3-2-4-6-23)26-19-22-21-18(25-19)20-10-14-7-15(11-20)9-16(8-14)12-20/h13-16H,2-12H2,1H3/t13-,14?,15?,16?,20?/m0/s1. The molecule has 0 N–H and O–H groups in total. The van der Waals surface area contributed by atoms with Gasteiger partial charge in [-0.2, -0.15) is 0 Å². The van der Waals surface area contributed by atoms with E-state index in [1.165, 1.54) is 56.7 Å². The van der Waals surface area contributed by atoms with Gasteiger partial charge in [-0.25, -0.2) is 0 Å². The average Bonchev–Trinajstić information content (AvgIpc) is 3.10. The molecule has 5 nitrogen and oxygen atoms in total. The van der Waals surface area contributed by atoms with Crippen molar-refractivity contribution in [3.05, 3.63) is 5.89 Å². The second-order valence-electron chi connectivity index (χ2n) is 9.22. The van der Waals surface area contributed by atoms with Crippen molar-refractivity contribution in [1.82, 2.24) is 15.1 Å². The smallest absolute Gasteiger partial charge is 0.277 e. The lowest BCUT2D eigenvalue weighted by molar-refractivity contribution is -0.131. The minimum Gasteiger partial charge on any atom is -0.415 e. The Balaban J connectivity index is 1.28. The predicted molar refractivity (Wildman–Crippen MR) is 99.9 cm³/mol. The Labute approximate surface area is 159 Å². The maximum absolute atomic E-state index is 12.6. The summed E-state index contributed by atoms with van der Waals surface area (Å²) in [7, 11) is 0. The van der Waals surface area contributed by atoms with Gasteiger partial charge in [0.05, 0.1) is 5.25 Å². The zero-order valence-electron chi connectivity index (χ0n) is 15.7. The second-order valence-corrected chi connectivity index (χ2v) is 10.5. The SMILES string of the molecule is C[C@H](Sc1nnc(C23CC4CC(CC(C4)C2)C3)o1)C(=O)N1CCCCC1. The lowest BCUT2D eigenvalue weighted by Crippen LogP contribution is -2.48. The van der Waals surface area contributed by atoms with Crippen LogP contribution in [0.25, 0.3) is 0 Å². The molecule has 1 aromatic rings. The molecule has 1 aromatic heterocycles. The number of nitrogens with zero attached hydrogens (tertiary/aromatic N) is 3. The topological polar surface area (TPSA) is 59.2 Å². The van der Waals surface area contributed by atoms with E-state index in [4.69, 9.17) is 4.42 Å². The van der Waals surface area contributed by atoms with Crippen LogP contribution in [0.2, 0.25) is 0 Å². The highest BCUT2D eigenvalue weighted by Gasteiger charge is 2.54. The Hall–Kier alpha value is -1.04. The lowest BCUT2D eigenvalue weighted by atomic mass is 9.49. The molecule has 1 atom stereocenters. The molecule has 1 aliphatic heterocycles. The maximum Gasteiger partial charge on any atom is 0.277 e. The molecule has 6 heteroatoms. The van der Waals surface area contributed by atoms with Gasteiger partial charge in [-0.15, -0.1) is 10.2 Å². The summed E-state index contributed by atoms with van der Waals surface area (Å²) in [5.41, 5.74) is 0.140. The molecule has 26 heavy (non-hydrogen) atoms. The number of thioether (sulfide) groups is 1. The highest BCUT2D eigenvalue weighted by Crippen LogP contribution is 2.60. The number of carbonyl (C=O) groups is 1. The van der Waals surface area contributed by atoms with E-state index in [1.807, 2.05) is 11.8 Å². The number of hydrogen-bond acceptors (Lipinski definition) is 5. The van der Waals surface area contributed by atoms with Crippen LogP contribution < -0.4 is 0 Å². The minimum atomic E-state index is -0.155. The molecule has 0 spiro atoms. The number of carbonyl (C=O) groups excluding carboxylic acids is 1. The quantitative estimate of drug-likeness (QED) is 0.744. The summed E-state index contributed by atoms with van der Waals surface area (Å²) in [5.74, 6) is 3.66. The summed E-state index contributed by atoms with van der Waals surface area (Å²) in [5, 5.41) is 9.21. The molecule has 6 rings (SSSR count). The van der Waals surface area contributed by atoms with Crippen LogP contribution in [0.15, 0.2) is 9.64 Å². The number of amides is 1. The Bertz CT molecular complexity index is 647. The van der Waals surface area contributed by atoms with Gasteiger partial charge in [0.25, 0.3) is 5.22 Å². The molecule has 142 valence electrons. The van der Waals surface area contributed by atoms with Crippen molar-refractivity contribution in [2.24, 2.45) is 17.8 Å². The molecule has 0 unspecified atom stereocenters. The summed E-state index contributed by atoms with van der Waals surface area (Å²) in [6.07, 6.45) is 11.4. The van der Waals surface area contributed by atoms with Crippen LogP contribution in [-0.4, -0.2) is 39.3 Å². The fourth-order valence-corrected chi connectivity index (χ4v) is 7.18. The van der Waals surface area contributed by atoms with Crippen LogP contribution >= 0.6 is 11.8 Å². The van der Waals surface area contributed by atoms with Gasteiger partial charge in [0, 0.05) is 18.5 Å². The summed E-state index contributed by atoms with van der Waals surface area (Å²) in [6, 6.07) is 0. The monoisotopic (exact) mass is 375 g/mol. The van der Waals surface area contributed by atoms with Gasteiger partial charge in [0.2, 0.25) is 11.8 Å². The molecule has 2 heterocycles. The van der Waals surface area contributed by atoms with Crippen LogP contribution in [0, 0.1) is 17.8 Å². The molecule has 1 amide bonds. The van der Waals surface area contributed by atoms with Crippen molar-refractivity contribution in [3.8, 4) is 0 Å². The molecule has 5 fully saturated rings. The van der Waals surface area contributed by atoms with Crippen molar-refractivity contribution >= 4 is 17.7 Å². The van der Waals surface area contributed by atoms with Crippen molar-refractivity contribution in [1.29, 1.82) is 0 Å². The molecule has 1 saturated heterocycles. The van der Waals surface area contributed by atoms with Crippen LogP contribution in [0.1, 0.15) is 70.6 Å². The molecular weight excluding hydrogens is 346 g/mol. The summed E-state index contributed by atoms with van der Waals surface area (Å²) in [4.78, 5) is 14.6. The Morgan fingerprint density at radius 1 is 1.08 bits per heavy atom. The van der Waals surface area contributed by atoms with Crippen LogP contribution in [0.5, 0.6) is 0 Å². The van der Waals surface area contributed by atoms with E-state index >= 15 is 0 Å². The average molecular weight is 376 g/mol. The van der Waals surface area contributed by atoms with E-state index in [0.29, 0.717) is 5.22 Å². The Kier molecular flexibility index (Phi) is 4.29. The Morgan fingerprint density at radius 2 is 1.69 bits per heavy atom. The highest BCUT2D eigenvalue weighted by atomic mass is 32.2. The van der Waals surface area contributed by atoms with Gasteiger partial charge in [0.15, 0.2) is 0 Å². The first-order valence-electron chi connectivity index (χ1n) is 10.4. The molecule has 4 saturated carbocycles. The van der Waals surface area contributed by atoms with Crippen LogP contribution in [-0.2, 0) is 10.2 Å². The predicted octanol–water partition coefficient (Wildman–Crippen LogP) is 4.03. The van der Waals surface area contributed by atoms with E-state index in [2.05, 4.69) is 10.2 Å². The van der Waals surface area contributed by atoms with Crippen molar-refractivity contribution < 1.29 is 9.21 Å². The summed E-state index contributed by atoms with van der Waals surface area (Å²) < 4.78 is 6.15. The third-order valence-electron chi connectivity index (χ3n) is 7.19. The number of aromatic nitrogens is 2. The molecule has 4 aliphatic carbocycles. The molecule has 5 aliphatic rings. The lowest BCUT2D eigenvalue weighted by Gasteiger charge is -2.55.